The highest BCUT2D eigenvalue weighted by Gasteiger charge is 2.06. The van der Waals surface area contributed by atoms with Gasteiger partial charge in [0.25, 0.3) is 5.91 Å². The molecule has 1 rings (SSSR count). The third-order valence-electron chi connectivity index (χ3n) is 0.887. The molecule has 0 aliphatic carbocycles. The second-order valence-electron chi connectivity index (χ2n) is 1.56. The summed E-state index contributed by atoms with van der Waals surface area (Å²) in [5.74, 6) is -0.668. The Labute approximate surface area is 85.2 Å². The summed E-state index contributed by atoms with van der Waals surface area (Å²) in [5.41, 5.74) is 4.89. The second-order valence-corrected chi connectivity index (χ2v) is 1.92. The first-order chi connectivity index (χ1) is 4.72. The molecule has 0 saturated carbocycles. The quantitative estimate of drug-likeness (QED) is 0.663. The summed E-state index contributed by atoms with van der Waals surface area (Å²) >= 11 is 5.44. The molecule has 0 aliphatic rings. The van der Waals surface area contributed by atoms with Crippen molar-refractivity contribution in [2.24, 2.45) is 5.73 Å². The summed E-state index contributed by atoms with van der Waals surface area (Å²) in [4.78, 5) is 17.7. The van der Waals surface area contributed by atoms with Crippen LogP contribution in [0.2, 0.25) is 5.15 Å². The normalized spacial score (nSPS) is 7.15. The van der Waals surface area contributed by atoms with E-state index in [0.717, 1.165) is 0 Å². The van der Waals surface area contributed by atoms with Crippen LogP contribution in [-0.2, 0) is 0 Å². The SMILES string of the molecule is Cl.NC(=O)c1nccnc1Cl.O.O. The zero-order chi connectivity index (χ0) is 7.56. The van der Waals surface area contributed by atoms with E-state index in [1.54, 1.807) is 0 Å². The van der Waals surface area contributed by atoms with Crippen LogP contribution in [0.15, 0.2) is 12.4 Å². The molecular formula is C5H9Cl2N3O3. The third kappa shape index (κ3) is 4.58. The van der Waals surface area contributed by atoms with Gasteiger partial charge in [-0.3, -0.25) is 4.79 Å². The van der Waals surface area contributed by atoms with E-state index in [4.69, 9.17) is 17.3 Å². The van der Waals surface area contributed by atoms with E-state index in [1.807, 2.05) is 0 Å². The molecule has 0 saturated heterocycles. The van der Waals surface area contributed by atoms with E-state index in [1.165, 1.54) is 12.4 Å². The number of nitrogens with zero attached hydrogens (tertiary/aromatic N) is 2. The monoisotopic (exact) mass is 229 g/mol. The van der Waals surface area contributed by atoms with Crippen LogP contribution in [0, 0.1) is 0 Å². The Bertz CT molecular complexity index is 271. The van der Waals surface area contributed by atoms with Gasteiger partial charge >= 0.3 is 0 Å². The number of primary amides is 1. The number of nitrogens with two attached hydrogens (primary N) is 1. The van der Waals surface area contributed by atoms with Crippen LogP contribution in [0.1, 0.15) is 10.5 Å². The van der Waals surface area contributed by atoms with Crippen LogP contribution in [0.3, 0.4) is 0 Å². The van der Waals surface area contributed by atoms with E-state index in [0.29, 0.717) is 0 Å². The number of aromatic nitrogens is 2. The van der Waals surface area contributed by atoms with Crippen molar-refractivity contribution in [3.8, 4) is 0 Å². The van der Waals surface area contributed by atoms with Crippen molar-refractivity contribution >= 4 is 29.9 Å². The number of hydrogen-bond acceptors (Lipinski definition) is 3. The molecule has 76 valence electrons. The van der Waals surface area contributed by atoms with Gasteiger partial charge in [0.2, 0.25) is 0 Å². The zero-order valence-electron chi connectivity index (χ0n) is 6.32. The fraction of sp³-hybridized carbons (Fsp3) is 0. The maximum absolute atomic E-state index is 10.5. The smallest absolute Gasteiger partial charge is 0.270 e. The summed E-state index contributed by atoms with van der Waals surface area (Å²) in [6, 6.07) is 0. The molecule has 0 aromatic carbocycles. The average molecular weight is 230 g/mol. The molecule has 1 amide bonds. The lowest BCUT2D eigenvalue weighted by Crippen LogP contribution is -2.13. The first kappa shape index (κ1) is 18.0. The Morgan fingerprint density at radius 1 is 1.31 bits per heavy atom. The van der Waals surface area contributed by atoms with E-state index in [2.05, 4.69) is 9.97 Å². The molecule has 0 unspecified atom stereocenters. The van der Waals surface area contributed by atoms with Gasteiger partial charge in [0.05, 0.1) is 0 Å². The molecule has 0 bridgehead atoms. The van der Waals surface area contributed by atoms with Crippen molar-refractivity contribution in [3.05, 3.63) is 23.2 Å². The first-order valence-electron chi connectivity index (χ1n) is 2.48. The zero-order valence-corrected chi connectivity index (χ0v) is 7.89. The Balaban J connectivity index is -0.000000333. The molecule has 1 aromatic rings. The largest absolute Gasteiger partial charge is 0.412 e. The number of carbonyl (C=O) groups excluding carboxylic acids is 1. The van der Waals surface area contributed by atoms with Crippen LogP contribution in [0.25, 0.3) is 0 Å². The van der Waals surface area contributed by atoms with Gasteiger partial charge in [-0.1, -0.05) is 11.6 Å². The van der Waals surface area contributed by atoms with Crippen molar-refractivity contribution < 1.29 is 15.7 Å². The maximum atomic E-state index is 10.5. The van der Waals surface area contributed by atoms with Crippen molar-refractivity contribution in [1.29, 1.82) is 0 Å². The molecule has 6 nitrogen and oxygen atoms in total. The Morgan fingerprint density at radius 3 is 2.08 bits per heavy atom. The Kier molecular flexibility index (Phi) is 10.6. The summed E-state index contributed by atoms with van der Waals surface area (Å²) < 4.78 is 0. The van der Waals surface area contributed by atoms with Crippen LogP contribution in [0.4, 0.5) is 0 Å². The van der Waals surface area contributed by atoms with E-state index < -0.39 is 5.91 Å². The van der Waals surface area contributed by atoms with E-state index >= 15 is 0 Å². The number of amides is 1. The highest BCUT2D eigenvalue weighted by atomic mass is 35.5. The van der Waals surface area contributed by atoms with Gasteiger partial charge in [-0.05, 0) is 0 Å². The standard InChI is InChI=1S/C5H4ClN3O.ClH.2H2O/c6-4-3(5(7)10)8-1-2-9-4;;;/h1-2H,(H2,7,10);1H;2*1H2. The summed E-state index contributed by atoms with van der Waals surface area (Å²) in [6.45, 7) is 0. The van der Waals surface area contributed by atoms with Gasteiger partial charge in [-0.25, -0.2) is 9.97 Å². The van der Waals surface area contributed by atoms with Crippen LogP contribution >= 0.6 is 24.0 Å². The van der Waals surface area contributed by atoms with Gasteiger partial charge in [-0.2, -0.15) is 0 Å². The molecule has 0 aliphatic heterocycles. The molecule has 0 fully saturated rings. The molecule has 1 aromatic heterocycles. The minimum atomic E-state index is -0.668. The average Bonchev–Trinajstić information content (AvgIpc) is 1.88. The molecule has 6 N–H and O–H groups in total. The lowest BCUT2D eigenvalue weighted by Gasteiger charge is -1.93. The van der Waals surface area contributed by atoms with Crippen molar-refractivity contribution in [2.45, 2.75) is 0 Å². The highest BCUT2D eigenvalue weighted by Crippen LogP contribution is 2.06. The van der Waals surface area contributed by atoms with E-state index in [9.17, 15) is 4.79 Å². The summed E-state index contributed by atoms with van der Waals surface area (Å²) in [7, 11) is 0. The lowest BCUT2D eigenvalue weighted by atomic mass is 10.4. The Morgan fingerprint density at radius 2 is 1.77 bits per heavy atom. The molecule has 1 heterocycles. The van der Waals surface area contributed by atoms with Crippen molar-refractivity contribution in [3.63, 3.8) is 0 Å². The third-order valence-corrected chi connectivity index (χ3v) is 1.16. The maximum Gasteiger partial charge on any atom is 0.270 e. The van der Waals surface area contributed by atoms with Gasteiger partial charge in [0.1, 0.15) is 0 Å². The number of halogens is 2. The molecular weight excluding hydrogens is 221 g/mol. The molecule has 0 spiro atoms. The van der Waals surface area contributed by atoms with Crippen molar-refractivity contribution in [2.75, 3.05) is 0 Å². The number of rotatable bonds is 1. The van der Waals surface area contributed by atoms with Crippen LogP contribution < -0.4 is 5.73 Å². The van der Waals surface area contributed by atoms with Crippen LogP contribution in [0.5, 0.6) is 0 Å². The Hall–Kier alpha value is -0.950. The minimum Gasteiger partial charge on any atom is -0.412 e. The summed E-state index contributed by atoms with van der Waals surface area (Å²) in [6.07, 6.45) is 2.74. The predicted molar refractivity (Wildman–Crippen MR) is 50.0 cm³/mol. The fourth-order valence-electron chi connectivity index (χ4n) is 0.486. The number of carbonyl (C=O) groups is 1. The van der Waals surface area contributed by atoms with Gasteiger partial charge in [0.15, 0.2) is 10.8 Å². The van der Waals surface area contributed by atoms with Gasteiger partial charge in [0, 0.05) is 12.4 Å². The first-order valence-corrected chi connectivity index (χ1v) is 2.86. The molecule has 0 atom stereocenters. The highest BCUT2D eigenvalue weighted by molar-refractivity contribution is 6.32. The van der Waals surface area contributed by atoms with Crippen molar-refractivity contribution in [1.82, 2.24) is 9.97 Å². The lowest BCUT2D eigenvalue weighted by molar-refractivity contribution is 0.0995. The molecule has 0 radical (unpaired) electrons. The fourth-order valence-corrected chi connectivity index (χ4v) is 0.685. The predicted octanol–water partition coefficient (Wildman–Crippen LogP) is -0.999. The number of hydrogen-bond donors (Lipinski definition) is 1. The summed E-state index contributed by atoms with van der Waals surface area (Å²) in [5, 5.41) is 0.0370. The topological polar surface area (TPSA) is 132 Å². The van der Waals surface area contributed by atoms with Crippen LogP contribution in [-0.4, -0.2) is 26.8 Å². The van der Waals surface area contributed by atoms with Gasteiger partial charge < -0.3 is 16.7 Å². The second kappa shape index (κ2) is 7.69. The van der Waals surface area contributed by atoms with Gasteiger partial charge in [-0.15, -0.1) is 12.4 Å². The van der Waals surface area contributed by atoms with E-state index in [-0.39, 0.29) is 34.2 Å². The minimum absolute atomic E-state index is 0. The molecule has 8 heteroatoms. The molecule has 13 heavy (non-hydrogen) atoms.